The van der Waals surface area contributed by atoms with Gasteiger partial charge in [-0.3, -0.25) is 4.90 Å². The number of likely N-dealkylation sites (N-methyl/N-ethyl adjacent to an activating group) is 1. The Labute approximate surface area is 230 Å². The van der Waals surface area contributed by atoms with E-state index in [0.29, 0.717) is 10.9 Å². The van der Waals surface area contributed by atoms with E-state index < -0.39 is 12.6 Å². The van der Waals surface area contributed by atoms with Crippen molar-refractivity contribution in [2.75, 3.05) is 56.5 Å². The number of anilines is 2. The molecule has 0 amide bonds. The Kier molecular flexibility index (Phi) is 6.90. The van der Waals surface area contributed by atoms with Crippen molar-refractivity contribution < 1.29 is 13.2 Å². The van der Waals surface area contributed by atoms with E-state index >= 15 is 0 Å². The fourth-order valence-corrected chi connectivity index (χ4v) is 7.39. The first-order valence-corrected chi connectivity index (χ1v) is 14.3. The second-order valence-corrected chi connectivity index (χ2v) is 12.5. The number of nitrogens with zero attached hydrogens (tertiary/aromatic N) is 6. The lowest BCUT2D eigenvalue weighted by molar-refractivity contribution is -0.126. The molecule has 0 atom stereocenters. The highest BCUT2D eigenvalue weighted by Gasteiger charge is 2.49. The van der Waals surface area contributed by atoms with Crippen LogP contribution in [0.5, 0.6) is 0 Å². The minimum absolute atomic E-state index is 0.189. The Morgan fingerprint density at radius 3 is 2.67 bits per heavy atom. The topological polar surface area (TPSA) is 71.3 Å². The lowest BCUT2D eigenvalue weighted by Gasteiger charge is -2.46. The maximum Gasteiger partial charge on any atom is 0.393 e. The number of aromatic nitrogens is 2. The van der Waals surface area contributed by atoms with E-state index in [-0.39, 0.29) is 10.3 Å². The fourth-order valence-electron chi connectivity index (χ4n) is 6.37. The number of hydrogen-bond acceptors (Lipinski definition) is 8. The molecule has 39 heavy (non-hydrogen) atoms. The Hall–Kier alpha value is -2.94. The third-order valence-electron chi connectivity index (χ3n) is 8.42. The lowest BCUT2D eigenvalue weighted by atomic mass is 9.65. The summed E-state index contributed by atoms with van der Waals surface area (Å²) in [5.41, 5.74) is 3.05. The quantitative estimate of drug-likeness (QED) is 0.465. The molecule has 2 saturated heterocycles. The summed E-state index contributed by atoms with van der Waals surface area (Å²) in [6, 6.07) is 10.4. The van der Waals surface area contributed by atoms with Gasteiger partial charge >= 0.3 is 6.18 Å². The summed E-state index contributed by atoms with van der Waals surface area (Å²) in [5.74, 6) is 0.749. The average molecular weight is 556 g/mol. The zero-order valence-electron chi connectivity index (χ0n) is 22.0. The predicted octanol–water partition coefficient (Wildman–Crippen LogP) is 4.89. The Balaban J connectivity index is 1.09. The number of hydrogen-bond donors (Lipinski definition) is 1. The summed E-state index contributed by atoms with van der Waals surface area (Å²) in [5, 5.41) is 14.0. The van der Waals surface area contributed by atoms with Crippen molar-refractivity contribution in [3.05, 3.63) is 46.6 Å². The number of benzene rings is 1. The van der Waals surface area contributed by atoms with Crippen LogP contribution in [0.3, 0.4) is 0 Å². The van der Waals surface area contributed by atoms with Gasteiger partial charge in [0.2, 0.25) is 0 Å². The molecule has 2 aliphatic heterocycles. The van der Waals surface area contributed by atoms with E-state index in [9.17, 15) is 18.4 Å². The molecule has 2 aromatic heterocycles. The van der Waals surface area contributed by atoms with Crippen molar-refractivity contribution in [3.63, 3.8) is 0 Å². The van der Waals surface area contributed by atoms with Gasteiger partial charge in [0.15, 0.2) is 0 Å². The summed E-state index contributed by atoms with van der Waals surface area (Å²) in [6.45, 7) is 6.59. The van der Waals surface area contributed by atoms with Gasteiger partial charge in [-0.05, 0) is 61.6 Å². The van der Waals surface area contributed by atoms with Crippen molar-refractivity contribution in [2.45, 2.75) is 44.4 Å². The van der Waals surface area contributed by atoms with Crippen molar-refractivity contribution in [3.8, 4) is 6.07 Å². The van der Waals surface area contributed by atoms with Gasteiger partial charge in [-0.1, -0.05) is 0 Å². The van der Waals surface area contributed by atoms with Crippen LogP contribution < -0.4 is 10.2 Å². The number of nitriles is 1. The van der Waals surface area contributed by atoms with E-state index in [2.05, 4.69) is 49.2 Å². The number of thiophene rings is 1. The van der Waals surface area contributed by atoms with Crippen LogP contribution in [0.25, 0.3) is 10.2 Å². The summed E-state index contributed by atoms with van der Waals surface area (Å²) < 4.78 is 38.8. The molecule has 0 bridgehead atoms. The first-order valence-electron chi connectivity index (χ1n) is 13.4. The van der Waals surface area contributed by atoms with E-state index in [1.807, 2.05) is 12.1 Å². The molecule has 1 N–H and O–H groups in total. The molecule has 6 rings (SSSR count). The third-order valence-corrected chi connectivity index (χ3v) is 9.46. The molecule has 3 aliphatic rings. The minimum atomic E-state index is -4.24. The third kappa shape index (κ3) is 5.69. The molecule has 1 saturated carbocycles. The zero-order chi connectivity index (χ0) is 27.2. The molecule has 206 valence electrons. The molecule has 0 unspecified atom stereocenters. The number of piperazine rings is 1. The minimum Gasteiger partial charge on any atom is -0.382 e. The number of halogens is 3. The largest absolute Gasteiger partial charge is 0.393 e. The summed E-state index contributed by atoms with van der Waals surface area (Å²) >= 11 is 1.10. The second kappa shape index (κ2) is 10.2. The molecular weight excluding hydrogens is 523 g/mol. The fraction of sp³-hybridized carbons (Fsp3) is 0.536. The first-order chi connectivity index (χ1) is 18.7. The molecule has 1 aromatic carbocycles. The van der Waals surface area contributed by atoms with Gasteiger partial charge in [0.1, 0.15) is 17.0 Å². The normalized spacial score (nSPS) is 24.3. The molecule has 3 aromatic rings. The van der Waals surface area contributed by atoms with Crippen molar-refractivity contribution in [2.24, 2.45) is 5.41 Å². The monoisotopic (exact) mass is 555 g/mol. The van der Waals surface area contributed by atoms with Crippen LogP contribution in [0.2, 0.25) is 0 Å². The smallest absolute Gasteiger partial charge is 0.382 e. The summed E-state index contributed by atoms with van der Waals surface area (Å²) in [6.07, 6.45) is -0.592. The predicted molar refractivity (Wildman–Crippen MR) is 147 cm³/mol. The van der Waals surface area contributed by atoms with E-state index in [0.717, 1.165) is 104 Å². The Morgan fingerprint density at radius 1 is 1.13 bits per heavy atom. The van der Waals surface area contributed by atoms with E-state index in [1.165, 1.54) is 6.33 Å². The molecule has 1 aliphatic carbocycles. The highest BCUT2D eigenvalue weighted by atomic mass is 32.1. The average Bonchev–Trinajstić information content (AvgIpc) is 3.48. The summed E-state index contributed by atoms with van der Waals surface area (Å²) in [4.78, 5) is 16.6. The number of nitrogens with one attached hydrogen (secondary N) is 1. The Morgan fingerprint density at radius 2 is 1.92 bits per heavy atom. The van der Waals surface area contributed by atoms with Gasteiger partial charge < -0.3 is 15.1 Å². The van der Waals surface area contributed by atoms with Crippen LogP contribution in [0, 0.1) is 16.7 Å². The van der Waals surface area contributed by atoms with Gasteiger partial charge in [0, 0.05) is 62.4 Å². The number of rotatable bonds is 6. The lowest BCUT2D eigenvalue weighted by Crippen LogP contribution is -2.47. The maximum absolute atomic E-state index is 12.9. The van der Waals surface area contributed by atoms with Crippen molar-refractivity contribution in [1.29, 1.82) is 5.26 Å². The van der Waals surface area contributed by atoms with Crippen LogP contribution in [-0.2, 0) is 13.0 Å². The van der Waals surface area contributed by atoms with E-state index in [1.54, 1.807) is 6.07 Å². The van der Waals surface area contributed by atoms with Crippen LogP contribution in [0.4, 0.5) is 24.7 Å². The van der Waals surface area contributed by atoms with Gasteiger partial charge in [0.25, 0.3) is 0 Å². The van der Waals surface area contributed by atoms with Crippen LogP contribution in [-0.4, -0.2) is 78.3 Å². The van der Waals surface area contributed by atoms with Crippen LogP contribution in [0.1, 0.15) is 35.3 Å². The zero-order valence-corrected chi connectivity index (χ0v) is 22.8. The van der Waals surface area contributed by atoms with Crippen molar-refractivity contribution in [1.82, 2.24) is 19.8 Å². The number of alkyl halides is 3. The second-order valence-electron chi connectivity index (χ2n) is 11.4. The molecule has 11 heteroatoms. The molecule has 3 fully saturated rings. The van der Waals surface area contributed by atoms with Crippen molar-refractivity contribution >= 4 is 33.1 Å². The number of fused-ring (bicyclic) bond motifs is 1. The molecule has 7 nitrogen and oxygen atoms in total. The van der Waals surface area contributed by atoms with Crippen LogP contribution >= 0.6 is 11.3 Å². The first kappa shape index (κ1) is 26.3. The van der Waals surface area contributed by atoms with Gasteiger partial charge in [-0.2, -0.15) is 18.4 Å². The summed E-state index contributed by atoms with van der Waals surface area (Å²) in [7, 11) is 2.14. The molecule has 0 radical (unpaired) electrons. The highest BCUT2D eigenvalue weighted by Crippen LogP contribution is 2.50. The molecular formula is C28H32F3N7S. The van der Waals surface area contributed by atoms with Gasteiger partial charge in [0.05, 0.1) is 23.4 Å². The molecule has 1 spiro atoms. The molecule has 4 heterocycles. The van der Waals surface area contributed by atoms with Gasteiger partial charge in [-0.25, -0.2) is 9.97 Å². The standard InChI is InChI=1S/C28H32F3N7S/c1-36-6-8-37(9-7-36)16-20-10-21(3-2-19(20)15-32)35-22-12-27(13-22)4-5-38(17-27)25-24-11-23(14-28(29,30)31)39-26(24)34-18-33-25/h2-3,10-11,18,22,35H,4-9,12-14,16-17H2,1H3. The van der Waals surface area contributed by atoms with Gasteiger partial charge in [-0.15, -0.1) is 11.3 Å². The van der Waals surface area contributed by atoms with E-state index in [4.69, 9.17) is 0 Å². The maximum atomic E-state index is 12.9. The SMILES string of the molecule is CN1CCN(Cc2cc(NC3CC4(CCN(c5ncnc6sc(CC(F)(F)F)cc56)C4)C3)ccc2C#N)CC1. The highest BCUT2D eigenvalue weighted by molar-refractivity contribution is 7.18. The van der Waals surface area contributed by atoms with Crippen LogP contribution in [0.15, 0.2) is 30.6 Å². The Bertz CT molecular complexity index is 1380.